The number of H-pyrrole nitrogens is 1. The summed E-state index contributed by atoms with van der Waals surface area (Å²) in [5, 5.41) is 3.35. The fourth-order valence-corrected chi connectivity index (χ4v) is 4.78. The molecule has 180 valence electrons. The first-order valence-electron chi connectivity index (χ1n) is 10.9. The van der Waals surface area contributed by atoms with E-state index in [1.165, 1.54) is 17.2 Å². The molecule has 7 nitrogen and oxygen atoms in total. The van der Waals surface area contributed by atoms with Crippen LogP contribution < -0.4 is 20.3 Å². The Morgan fingerprint density at radius 1 is 1.03 bits per heavy atom. The highest BCUT2D eigenvalue weighted by Crippen LogP contribution is 2.29. The topological polar surface area (TPSA) is 85.4 Å². The molecule has 3 aromatic carbocycles. The lowest BCUT2D eigenvalue weighted by Crippen LogP contribution is -2.26. The lowest BCUT2D eigenvalue weighted by molar-refractivity contribution is 0.0956. The van der Waals surface area contributed by atoms with Crippen molar-refractivity contribution in [3.8, 4) is 17.2 Å². The molecule has 0 fully saturated rings. The monoisotopic (exact) mass is 507 g/mol. The van der Waals surface area contributed by atoms with Crippen molar-refractivity contribution in [1.82, 2.24) is 14.9 Å². The molecule has 0 atom stereocenters. The number of hydrogen-bond acceptors (Lipinski definition) is 6. The molecule has 0 aliphatic carbocycles. The molecule has 0 aliphatic heterocycles. The second kappa shape index (κ2) is 11.2. The molecule has 4 rings (SSSR count). The van der Waals surface area contributed by atoms with Crippen molar-refractivity contribution in [2.24, 2.45) is 0 Å². The Bertz CT molecular complexity index is 1470. The van der Waals surface area contributed by atoms with Crippen LogP contribution in [0.25, 0.3) is 16.6 Å². The molecule has 0 radical (unpaired) electrons. The van der Waals surface area contributed by atoms with Crippen molar-refractivity contribution in [3.05, 3.63) is 93.0 Å². The van der Waals surface area contributed by atoms with E-state index in [-0.39, 0.29) is 16.2 Å². The molecule has 4 aromatic rings. The number of benzene rings is 3. The maximum absolute atomic E-state index is 13.2. The highest BCUT2D eigenvalue weighted by atomic mass is 32.2. The van der Waals surface area contributed by atoms with Crippen molar-refractivity contribution >= 4 is 40.8 Å². The molecule has 1 aromatic heterocycles. The third-order valence-electron chi connectivity index (χ3n) is 5.43. The minimum Gasteiger partial charge on any atom is -0.493 e. The number of hydrogen-bond donors (Lipinski definition) is 2. The first-order chi connectivity index (χ1) is 17.0. The van der Waals surface area contributed by atoms with Gasteiger partial charge in [0, 0.05) is 29.7 Å². The number of carbonyl (C=O) groups is 1. The fraction of sp³-hybridized carbons (Fsp3) is 0.192. The first-order valence-corrected chi connectivity index (χ1v) is 12.5. The molecule has 2 N–H and O–H groups in total. The maximum Gasteiger partial charge on any atom is 0.266 e. The standard InChI is InChI=1S/C26H25N3O4S2/c1-32-22-11-9-19(15-23(22)33-2)29-25(31)20-10-8-18(14-21(20)28-26(29)34)24(30)27-12-13-35-16-17-6-4-3-5-7-17/h3-11,14-15H,12-13,16H2,1-2H3,(H,27,30)(H,28,34). The maximum atomic E-state index is 13.2. The van der Waals surface area contributed by atoms with Crippen molar-refractivity contribution < 1.29 is 14.3 Å². The van der Waals surface area contributed by atoms with Gasteiger partial charge in [-0.25, -0.2) is 0 Å². The summed E-state index contributed by atoms with van der Waals surface area (Å²) in [4.78, 5) is 29.0. The van der Waals surface area contributed by atoms with Crippen LogP contribution >= 0.6 is 24.0 Å². The molecular formula is C26H25N3O4S2. The van der Waals surface area contributed by atoms with Gasteiger partial charge in [0.15, 0.2) is 16.3 Å². The lowest BCUT2D eigenvalue weighted by Gasteiger charge is -2.12. The zero-order chi connectivity index (χ0) is 24.8. The van der Waals surface area contributed by atoms with E-state index < -0.39 is 0 Å². The van der Waals surface area contributed by atoms with E-state index in [1.807, 2.05) is 18.2 Å². The molecule has 0 aliphatic rings. The van der Waals surface area contributed by atoms with Crippen molar-refractivity contribution in [2.45, 2.75) is 5.75 Å². The number of carbonyl (C=O) groups excluding carboxylic acids is 1. The molecule has 1 amide bonds. The van der Waals surface area contributed by atoms with Gasteiger partial charge in [-0.1, -0.05) is 30.3 Å². The smallest absolute Gasteiger partial charge is 0.266 e. The van der Waals surface area contributed by atoms with Gasteiger partial charge in [-0.15, -0.1) is 0 Å². The predicted molar refractivity (Wildman–Crippen MR) is 143 cm³/mol. The minimum atomic E-state index is -0.291. The molecule has 0 bridgehead atoms. The van der Waals surface area contributed by atoms with Gasteiger partial charge < -0.3 is 19.8 Å². The number of aromatic nitrogens is 2. The number of aromatic amines is 1. The van der Waals surface area contributed by atoms with Crippen LogP contribution in [0.2, 0.25) is 0 Å². The summed E-state index contributed by atoms with van der Waals surface area (Å²) in [5.74, 6) is 2.53. The summed E-state index contributed by atoms with van der Waals surface area (Å²) in [5.41, 5.74) is 2.47. The van der Waals surface area contributed by atoms with Crippen LogP contribution in [0.3, 0.4) is 0 Å². The second-order valence-corrected chi connectivity index (χ2v) is 9.16. The summed E-state index contributed by atoms with van der Waals surface area (Å²) >= 11 is 7.23. The molecule has 9 heteroatoms. The van der Waals surface area contributed by atoms with Gasteiger partial charge in [0.05, 0.1) is 30.8 Å². The van der Waals surface area contributed by atoms with Gasteiger partial charge in [0.1, 0.15) is 0 Å². The van der Waals surface area contributed by atoms with E-state index in [0.717, 1.165) is 11.5 Å². The van der Waals surface area contributed by atoms with E-state index in [0.29, 0.717) is 40.2 Å². The SMILES string of the molecule is COc1ccc(-n2c(=S)[nH]c3cc(C(=O)NCCSCc4ccccc4)ccc3c2=O)cc1OC. The van der Waals surface area contributed by atoms with Gasteiger partial charge in [-0.2, -0.15) is 11.8 Å². The summed E-state index contributed by atoms with van der Waals surface area (Å²) in [7, 11) is 3.07. The Hall–Kier alpha value is -3.56. The van der Waals surface area contributed by atoms with Gasteiger partial charge in [-0.3, -0.25) is 14.2 Å². The third-order valence-corrected chi connectivity index (χ3v) is 6.74. The van der Waals surface area contributed by atoms with Crippen LogP contribution in [0.1, 0.15) is 15.9 Å². The lowest BCUT2D eigenvalue weighted by atomic mass is 10.1. The number of amides is 1. The van der Waals surface area contributed by atoms with Crippen LogP contribution in [0.15, 0.2) is 71.5 Å². The van der Waals surface area contributed by atoms with E-state index >= 15 is 0 Å². The Labute approximate surface area is 212 Å². The second-order valence-electron chi connectivity index (χ2n) is 7.66. The van der Waals surface area contributed by atoms with Crippen LogP contribution in [0.4, 0.5) is 0 Å². The predicted octanol–water partition coefficient (Wildman–Crippen LogP) is 4.73. The summed E-state index contributed by atoms with van der Waals surface area (Å²) in [6, 6.07) is 20.3. The minimum absolute atomic E-state index is 0.199. The van der Waals surface area contributed by atoms with Gasteiger partial charge >= 0.3 is 0 Å². The number of nitrogens with zero attached hydrogens (tertiary/aromatic N) is 1. The van der Waals surface area contributed by atoms with Gasteiger partial charge in [-0.05, 0) is 48.1 Å². The first kappa shape index (κ1) is 24.6. The molecular weight excluding hydrogens is 482 g/mol. The van der Waals surface area contributed by atoms with E-state index in [9.17, 15) is 9.59 Å². The number of rotatable bonds is 9. The zero-order valence-electron chi connectivity index (χ0n) is 19.4. The zero-order valence-corrected chi connectivity index (χ0v) is 21.0. The average molecular weight is 508 g/mol. The number of nitrogens with one attached hydrogen (secondary N) is 2. The molecule has 35 heavy (non-hydrogen) atoms. The number of thioether (sulfide) groups is 1. The Morgan fingerprint density at radius 3 is 2.54 bits per heavy atom. The summed E-state index contributed by atoms with van der Waals surface area (Å²) < 4.78 is 12.2. The normalized spacial score (nSPS) is 10.8. The Kier molecular flexibility index (Phi) is 7.89. The van der Waals surface area contributed by atoms with Crippen molar-refractivity contribution in [3.63, 3.8) is 0 Å². The van der Waals surface area contributed by atoms with Gasteiger partial charge in [0.2, 0.25) is 0 Å². The van der Waals surface area contributed by atoms with Gasteiger partial charge in [0.25, 0.3) is 11.5 Å². The fourth-order valence-electron chi connectivity index (χ4n) is 3.66. The quantitative estimate of drug-likeness (QED) is 0.252. The van der Waals surface area contributed by atoms with Crippen LogP contribution in [0.5, 0.6) is 11.5 Å². The third kappa shape index (κ3) is 5.58. The summed E-state index contributed by atoms with van der Waals surface area (Å²) in [6.07, 6.45) is 0. The van der Waals surface area contributed by atoms with Crippen LogP contribution in [0, 0.1) is 4.77 Å². The van der Waals surface area contributed by atoms with Crippen molar-refractivity contribution in [2.75, 3.05) is 26.5 Å². The van der Waals surface area contributed by atoms with Crippen LogP contribution in [-0.2, 0) is 5.75 Å². The number of fused-ring (bicyclic) bond motifs is 1. The highest BCUT2D eigenvalue weighted by molar-refractivity contribution is 7.98. The summed E-state index contributed by atoms with van der Waals surface area (Å²) in [6.45, 7) is 0.547. The van der Waals surface area contributed by atoms with E-state index in [1.54, 1.807) is 55.3 Å². The Balaban J connectivity index is 1.49. The van der Waals surface area contributed by atoms with E-state index in [4.69, 9.17) is 21.7 Å². The van der Waals surface area contributed by atoms with Crippen LogP contribution in [-0.4, -0.2) is 42.0 Å². The van der Waals surface area contributed by atoms with E-state index in [2.05, 4.69) is 22.4 Å². The van der Waals surface area contributed by atoms with Crippen molar-refractivity contribution in [1.29, 1.82) is 0 Å². The number of ether oxygens (including phenoxy) is 2. The molecule has 0 saturated heterocycles. The average Bonchev–Trinajstić information content (AvgIpc) is 2.88. The highest BCUT2D eigenvalue weighted by Gasteiger charge is 2.13. The largest absolute Gasteiger partial charge is 0.493 e. The Morgan fingerprint density at radius 2 is 1.80 bits per heavy atom. The molecule has 0 unspecified atom stereocenters. The number of methoxy groups -OCH3 is 2. The molecule has 0 spiro atoms. The molecule has 1 heterocycles. The molecule has 0 saturated carbocycles.